The van der Waals surface area contributed by atoms with Gasteiger partial charge < -0.3 is 10.1 Å². The summed E-state index contributed by atoms with van der Waals surface area (Å²) >= 11 is 0. The zero-order chi connectivity index (χ0) is 9.84. The molecule has 0 aromatic carbocycles. The van der Waals surface area contributed by atoms with E-state index >= 15 is 0 Å². The predicted octanol–water partition coefficient (Wildman–Crippen LogP) is 1.07. The summed E-state index contributed by atoms with van der Waals surface area (Å²) in [7, 11) is 1.53. The Hall–Kier alpha value is -1.46. The number of aryl methyl sites for hydroxylation is 2. The van der Waals surface area contributed by atoms with Gasteiger partial charge in [-0.15, -0.1) is 9.78 Å². The highest BCUT2D eigenvalue weighted by Gasteiger charge is 2.19. The molecule has 0 saturated heterocycles. The Balaban J connectivity index is 2.87. The lowest BCUT2D eigenvalue weighted by atomic mass is 10.2. The van der Waals surface area contributed by atoms with Crippen molar-refractivity contribution in [2.24, 2.45) is 7.05 Å². The highest BCUT2D eigenvalue weighted by Crippen LogP contribution is 2.15. The van der Waals surface area contributed by atoms with E-state index in [-0.39, 0.29) is 5.82 Å². The van der Waals surface area contributed by atoms with Crippen LogP contribution < -0.4 is 0 Å². The lowest BCUT2D eigenvalue weighted by Crippen LogP contribution is -2.00. The molecular weight excluding hydrogens is 172 g/mol. The molecule has 0 unspecified atom stereocenters. The fourth-order valence-electron chi connectivity index (χ4n) is 1.12. The van der Waals surface area contributed by atoms with Crippen LogP contribution in [0.4, 0.5) is 5.82 Å². The van der Waals surface area contributed by atoms with Gasteiger partial charge in [0.1, 0.15) is 7.05 Å². The quantitative estimate of drug-likeness (QED) is 0.518. The molecule has 0 radical (unpaired) electrons. The monoisotopic (exact) mass is 184 g/mol. The Kier molecular flexibility index (Phi) is 2.94. The predicted molar refractivity (Wildman–Crippen MR) is 46.3 cm³/mol. The number of rotatable bonds is 4. The van der Waals surface area contributed by atoms with Crippen LogP contribution in [0.25, 0.3) is 0 Å². The second-order valence-corrected chi connectivity index (χ2v) is 2.84. The Morgan fingerprint density at radius 1 is 1.62 bits per heavy atom. The number of hydrogen-bond donors (Lipinski definition) is 0. The van der Waals surface area contributed by atoms with E-state index in [1.165, 1.54) is 11.7 Å². The molecular formula is C7H12N4O2. The first kappa shape index (κ1) is 9.63. The van der Waals surface area contributed by atoms with Gasteiger partial charge in [0.15, 0.2) is 5.69 Å². The first-order valence-electron chi connectivity index (χ1n) is 4.19. The van der Waals surface area contributed by atoms with Crippen LogP contribution in [0.15, 0.2) is 0 Å². The fraction of sp³-hybridized carbons (Fsp3) is 0.714. The summed E-state index contributed by atoms with van der Waals surface area (Å²) in [5.41, 5.74) is 0.481. The molecule has 0 aliphatic heterocycles. The van der Waals surface area contributed by atoms with Crippen molar-refractivity contribution in [3.8, 4) is 0 Å². The molecule has 0 saturated carbocycles. The molecule has 1 rings (SSSR count). The molecule has 1 aromatic rings. The van der Waals surface area contributed by atoms with Gasteiger partial charge in [-0.2, -0.15) is 0 Å². The number of unbranched alkanes of at least 4 members (excludes halogenated alkanes) is 1. The summed E-state index contributed by atoms with van der Waals surface area (Å²) in [5, 5.41) is 17.9. The van der Waals surface area contributed by atoms with E-state index in [2.05, 4.69) is 10.3 Å². The van der Waals surface area contributed by atoms with Crippen molar-refractivity contribution < 1.29 is 4.92 Å². The molecule has 0 N–H and O–H groups in total. The Labute approximate surface area is 75.7 Å². The van der Waals surface area contributed by atoms with Gasteiger partial charge in [0, 0.05) is 11.6 Å². The molecule has 0 spiro atoms. The Morgan fingerprint density at radius 3 is 2.85 bits per heavy atom. The van der Waals surface area contributed by atoms with Gasteiger partial charge in [0.25, 0.3) is 0 Å². The topological polar surface area (TPSA) is 73.8 Å². The summed E-state index contributed by atoms with van der Waals surface area (Å²) in [6, 6.07) is 0. The van der Waals surface area contributed by atoms with E-state index in [0.29, 0.717) is 12.1 Å². The Morgan fingerprint density at radius 2 is 2.31 bits per heavy atom. The summed E-state index contributed by atoms with van der Waals surface area (Å²) in [4.78, 5) is 10.1. The molecule has 0 fully saturated rings. The van der Waals surface area contributed by atoms with Crippen molar-refractivity contribution in [2.75, 3.05) is 0 Å². The van der Waals surface area contributed by atoms with Crippen molar-refractivity contribution >= 4 is 5.82 Å². The average Bonchev–Trinajstić information content (AvgIpc) is 2.43. The molecule has 1 aromatic heterocycles. The van der Waals surface area contributed by atoms with Crippen LogP contribution in [0, 0.1) is 10.1 Å². The van der Waals surface area contributed by atoms with Gasteiger partial charge in [-0.05, 0) is 11.3 Å². The van der Waals surface area contributed by atoms with E-state index in [4.69, 9.17) is 0 Å². The normalized spacial score (nSPS) is 10.3. The summed E-state index contributed by atoms with van der Waals surface area (Å²) < 4.78 is 1.20. The van der Waals surface area contributed by atoms with Crippen LogP contribution >= 0.6 is 0 Å². The van der Waals surface area contributed by atoms with Crippen LogP contribution in [0.5, 0.6) is 0 Å². The molecule has 6 nitrogen and oxygen atoms in total. The number of hydrogen-bond acceptors (Lipinski definition) is 4. The molecule has 0 bridgehead atoms. The van der Waals surface area contributed by atoms with Crippen LogP contribution in [0.1, 0.15) is 25.5 Å². The smallest absolute Gasteiger partial charge is 0.358 e. The van der Waals surface area contributed by atoms with E-state index in [1.807, 2.05) is 6.92 Å². The van der Waals surface area contributed by atoms with Crippen LogP contribution in [0.3, 0.4) is 0 Å². The maximum Gasteiger partial charge on any atom is 0.368 e. The maximum absolute atomic E-state index is 10.6. The Bertz CT molecular complexity index is 307. The van der Waals surface area contributed by atoms with E-state index in [1.54, 1.807) is 0 Å². The molecule has 0 aliphatic carbocycles. The number of aromatic nitrogens is 3. The summed E-state index contributed by atoms with van der Waals surface area (Å²) in [6.07, 6.45) is 2.52. The molecule has 72 valence electrons. The summed E-state index contributed by atoms with van der Waals surface area (Å²) in [6.45, 7) is 2.03. The van der Waals surface area contributed by atoms with Crippen molar-refractivity contribution in [2.45, 2.75) is 26.2 Å². The lowest BCUT2D eigenvalue weighted by molar-refractivity contribution is -0.393. The summed E-state index contributed by atoms with van der Waals surface area (Å²) in [5.74, 6) is 0.00782. The largest absolute Gasteiger partial charge is 0.368 e. The molecule has 0 aliphatic rings. The van der Waals surface area contributed by atoms with Gasteiger partial charge >= 0.3 is 5.82 Å². The van der Waals surface area contributed by atoms with Crippen molar-refractivity contribution in [1.29, 1.82) is 0 Å². The highest BCUT2D eigenvalue weighted by molar-refractivity contribution is 5.24. The van der Waals surface area contributed by atoms with Gasteiger partial charge in [0.05, 0.1) is 0 Å². The van der Waals surface area contributed by atoms with E-state index in [0.717, 1.165) is 12.8 Å². The third-order valence-corrected chi connectivity index (χ3v) is 1.80. The third kappa shape index (κ3) is 2.01. The van der Waals surface area contributed by atoms with Crippen LogP contribution in [-0.2, 0) is 13.5 Å². The maximum atomic E-state index is 10.6. The zero-order valence-electron chi connectivity index (χ0n) is 7.73. The fourth-order valence-corrected chi connectivity index (χ4v) is 1.12. The van der Waals surface area contributed by atoms with Crippen molar-refractivity contribution in [1.82, 2.24) is 15.0 Å². The first-order chi connectivity index (χ1) is 6.16. The highest BCUT2D eigenvalue weighted by atomic mass is 16.6. The third-order valence-electron chi connectivity index (χ3n) is 1.80. The minimum Gasteiger partial charge on any atom is -0.358 e. The standard InChI is InChI=1S/C7H12N4O2/c1-3-4-5-6-7(11(12)13)10(2)9-8-6/h3-5H2,1-2H3. The molecule has 13 heavy (non-hydrogen) atoms. The second kappa shape index (κ2) is 3.97. The number of nitrogens with zero attached hydrogens (tertiary/aromatic N) is 4. The SMILES string of the molecule is CCCCc1nnn(C)c1[N+](=O)[O-]. The minimum absolute atomic E-state index is 0.00782. The van der Waals surface area contributed by atoms with Crippen molar-refractivity contribution in [3.05, 3.63) is 15.8 Å². The van der Waals surface area contributed by atoms with Gasteiger partial charge in [-0.25, -0.2) is 0 Å². The molecule has 0 amide bonds. The second-order valence-electron chi connectivity index (χ2n) is 2.84. The zero-order valence-corrected chi connectivity index (χ0v) is 7.73. The van der Waals surface area contributed by atoms with Crippen LogP contribution in [-0.4, -0.2) is 19.9 Å². The van der Waals surface area contributed by atoms with Gasteiger partial charge in [-0.1, -0.05) is 13.3 Å². The van der Waals surface area contributed by atoms with Gasteiger partial charge in [-0.3, -0.25) is 0 Å². The minimum atomic E-state index is -0.439. The number of nitro groups is 1. The van der Waals surface area contributed by atoms with E-state index in [9.17, 15) is 10.1 Å². The van der Waals surface area contributed by atoms with E-state index < -0.39 is 4.92 Å². The molecule has 6 heteroatoms. The molecule has 1 heterocycles. The lowest BCUT2D eigenvalue weighted by Gasteiger charge is -1.95. The molecule has 0 atom stereocenters. The first-order valence-corrected chi connectivity index (χ1v) is 4.19. The average molecular weight is 184 g/mol. The van der Waals surface area contributed by atoms with Gasteiger partial charge in [0.2, 0.25) is 0 Å². The van der Waals surface area contributed by atoms with Crippen LogP contribution in [0.2, 0.25) is 0 Å². The van der Waals surface area contributed by atoms with Crippen molar-refractivity contribution in [3.63, 3.8) is 0 Å².